The molecule has 3 nitrogen and oxygen atoms in total. The minimum atomic E-state index is 0.621. The summed E-state index contributed by atoms with van der Waals surface area (Å²) in [5.41, 5.74) is 4.75. The van der Waals surface area contributed by atoms with Gasteiger partial charge in [0, 0.05) is 16.3 Å². The molecular formula is C17H12N2O. The number of aromatic nitrogens is 2. The summed E-state index contributed by atoms with van der Waals surface area (Å²) < 4.78 is 7.97. The second-order valence-corrected chi connectivity index (χ2v) is 5.35. The van der Waals surface area contributed by atoms with Gasteiger partial charge < -0.3 is 4.74 Å². The molecule has 0 unspecified atom stereocenters. The normalized spacial score (nSPS) is 13.4. The smallest absolute Gasteiger partial charge is 0.219 e. The molecule has 20 heavy (non-hydrogen) atoms. The summed E-state index contributed by atoms with van der Waals surface area (Å²) in [6, 6.07) is 12.8. The zero-order valence-corrected chi connectivity index (χ0v) is 11.1. The molecule has 1 aliphatic heterocycles. The summed E-state index contributed by atoms with van der Waals surface area (Å²) in [5.74, 6) is 0.842. The summed E-state index contributed by atoms with van der Waals surface area (Å²) in [4.78, 5) is 4.57. The maximum atomic E-state index is 5.81. The molecule has 3 heterocycles. The molecule has 0 saturated heterocycles. The van der Waals surface area contributed by atoms with E-state index >= 15 is 0 Å². The van der Waals surface area contributed by atoms with Gasteiger partial charge in [-0.25, -0.2) is 4.98 Å². The predicted molar refractivity (Wildman–Crippen MR) is 79.3 cm³/mol. The first-order chi connectivity index (χ1) is 9.84. The van der Waals surface area contributed by atoms with Crippen molar-refractivity contribution in [1.82, 2.24) is 9.38 Å². The van der Waals surface area contributed by atoms with Crippen molar-refractivity contribution < 1.29 is 4.74 Å². The Hall–Kier alpha value is -2.55. The highest BCUT2D eigenvalue weighted by atomic mass is 16.5. The van der Waals surface area contributed by atoms with Crippen molar-refractivity contribution in [3.05, 3.63) is 53.7 Å². The minimum Gasteiger partial charge on any atom is -0.473 e. The van der Waals surface area contributed by atoms with Crippen LogP contribution in [0, 0.1) is 6.92 Å². The molecule has 0 amide bonds. The molecule has 0 bridgehead atoms. The molecule has 0 fully saturated rings. The van der Waals surface area contributed by atoms with E-state index in [0.717, 1.165) is 11.5 Å². The van der Waals surface area contributed by atoms with Crippen molar-refractivity contribution in [3.63, 3.8) is 0 Å². The number of ether oxygens (including phenoxy) is 1. The first-order valence-electron chi connectivity index (χ1n) is 6.78. The van der Waals surface area contributed by atoms with Gasteiger partial charge >= 0.3 is 0 Å². The van der Waals surface area contributed by atoms with Gasteiger partial charge in [0.15, 0.2) is 0 Å². The fourth-order valence-corrected chi connectivity index (χ4v) is 3.34. The highest BCUT2D eigenvalue weighted by Gasteiger charge is 2.20. The summed E-state index contributed by atoms with van der Waals surface area (Å²) in [7, 11) is 0. The van der Waals surface area contributed by atoms with E-state index in [1.807, 2.05) is 6.20 Å². The largest absolute Gasteiger partial charge is 0.473 e. The van der Waals surface area contributed by atoms with E-state index in [4.69, 9.17) is 4.74 Å². The SMILES string of the molecule is Cc1ccc2c3c1c1ccccc1c1ncc(n13)OC2. The number of fused-ring (bicyclic) bond motifs is 3. The van der Waals surface area contributed by atoms with Crippen molar-refractivity contribution >= 4 is 27.3 Å². The van der Waals surface area contributed by atoms with Gasteiger partial charge in [-0.1, -0.05) is 36.4 Å². The van der Waals surface area contributed by atoms with Crippen LogP contribution in [0.15, 0.2) is 42.6 Å². The molecule has 0 radical (unpaired) electrons. The molecule has 5 rings (SSSR count). The molecule has 0 aliphatic carbocycles. The number of hydrogen-bond acceptors (Lipinski definition) is 2. The number of nitrogens with zero attached hydrogens (tertiary/aromatic N) is 2. The van der Waals surface area contributed by atoms with Crippen LogP contribution in [0.1, 0.15) is 11.1 Å². The van der Waals surface area contributed by atoms with Crippen LogP contribution >= 0.6 is 0 Å². The zero-order valence-electron chi connectivity index (χ0n) is 11.1. The lowest BCUT2D eigenvalue weighted by Gasteiger charge is -2.20. The standard InChI is InChI=1S/C17H12N2O/c1-10-6-7-11-9-20-14-8-18-17-13-5-3-2-4-12(13)15(10)16(11)19(14)17/h2-8H,9H2,1H3. The average molecular weight is 260 g/mol. The lowest BCUT2D eigenvalue weighted by molar-refractivity contribution is 0.286. The molecule has 1 aliphatic rings. The highest BCUT2D eigenvalue weighted by Crippen LogP contribution is 2.37. The maximum Gasteiger partial charge on any atom is 0.219 e. The number of benzene rings is 2. The number of pyridine rings is 1. The van der Waals surface area contributed by atoms with Crippen LogP contribution in [0.4, 0.5) is 0 Å². The fourth-order valence-electron chi connectivity index (χ4n) is 3.34. The second-order valence-electron chi connectivity index (χ2n) is 5.35. The van der Waals surface area contributed by atoms with E-state index < -0.39 is 0 Å². The van der Waals surface area contributed by atoms with Gasteiger partial charge in [-0.05, 0) is 17.9 Å². The molecule has 2 aromatic carbocycles. The molecular weight excluding hydrogens is 248 g/mol. The number of imidazole rings is 1. The monoisotopic (exact) mass is 260 g/mol. The van der Waals surface area contributed by atoms with Crippen molar-refractivity contribution in [3.8, 4) is 5.88 Å². The van der Waals surface area contributed by atoms with Crippen molar-refractivity contribution in [2.75, 3.05) is 0 Å². The molecule has 0 saturated carbocycles. The van der Waals surface area contributed by atoms with Crippen molar-refractivity contribution in [2.24, 2.45) is 0 Å². The minimum absolute atomic E-state index is 0.621. The predicted octanol–water partition coefficient (Wildman–Crippen LogP) is 3.84. The van der Waals surface area contributed by atoms with E-state index in [9.17, 15) is 0 Å². The lowest BCUT2D eigenvalue weighted by atomic mass is 9.98. The molecule has 96 valence electrons. The summed E-state index contributed by atoms with van der Waals surface area (Å²) in [6.07, 6.45) is 1.83. The summed E-state index contributed by atoms with van der Waals surface area (Å²) in [6.45, 7) is 2.79. The third-order valence-electron chi connectivity index (χ3n) is 4.24. The molecule has 4 aromatic rings. The molecule has 0 N–H and O–H groups in total. The maximum absolute atomic E-state index is 5.81. The molecule has 0 spiro atoms. The van der Waals surface area contributed by atoms with Crippen LogP contribution in [0.25, 0.3) is 27.3 Å². The Morgan fingerprint density at radius 2 is 1.95 bits per heavy atom. The molecule has 2 aromatic heterocycles. The van der Waals surface area contributed by atoms with Crippen LogP contribution < -0.4 is 4.74 Å². The van der Waals surface area contributed by atoms with Gasteiger partial charge in [-0.2, -0.15) is 0 Å². The van der Waals surface area contributed by atoms with Crippen LogP contribution in [-0.4, -0.2) is 9.38 Å². The number of rotatable bonds is 0. The second kappa shape index (κ2) is 3.31. The highest BCUT2D eigenvalue weighted by molar-refractivity contribution is 6.14. The molecule has 3 heteroatoms. The average Bonchev–Trinajstić information content (AvgIpc) is 2.92. The topological polar surface area (TPSA) is 26.5 Å². The Labute approximate surface area is 115 Å². The van der Waals surface area contributed by atoms with Crippen LogP contribution in [0.5, 0.6) is 5.88 Å². The van der Waals surface area contributed by atoms with Gasteiger partial charge in [-0.3, -0.25) is 4.40 Å². The van der Waals surface area contributed by atoms with Crippen molar-refractivity contribution in [1.29, 1.82) is 0 Å². The van der Waals surface area contributed by atoms with Gasteiger partial charge in [0.25, 0.3) is 0 Å². The van der Waals surface area contributed by atoms with E-state index in [-0.39, 0.29) is 0 Å². The van der Waals surface area contributed by atoms with Gasteiger partial charge in [0.05, 0.1) is 11.7 Å². The summed E-state index contributed by atoms with van der Waals surface area (Å²) in [5, 5.41) is 3.76. The number of aryl methyl sites for hydroxylation is 1. The van der Waals surface area contributed by atoms with E-state index in [1.54, 1.807) is 0 Å². The van der Waals surface area contributed by atoms with Gasteiger partial charge in [0.2, 0.25) is 5.88 Å². The number of hydrogen-bond donors (Lipinski definition) is 0. The summed E-state index contributed by atoms with van der Waals surface area (Å²) >= 11 is 0. The van der Waals surface area contributed by atoms with E-state index in [2.05, 4.69) is 52.7 Å². The van der Waals surface area contributed by atoms with Crippen molar-refractivity contribution in [2.45, 2.75) is 13.5 Å². The molecule has 0 atom stereocenters. The first kappa shape index (κ1) is 10.3. The quantitative estimate of drug-likeness (QED) is 0.449. The van der Waals surface area contributed by atoms with E-state index in [0.29, 0.717) is 6.61 Å². The van der Waals surface area contributed by atoms with E-state index in [1.165, 1.54) is 32.8 Å². The Morgan fingerprint density at radius 3 is 2.85 bits per heavy atom. The third kappa shape index (κ3) is 1.05. The van der Waals surface area contributed by atoms with Crippen LogP contribution in [0.3, 0.4) is 0 Å². The fraction of sp³-hybridized carbons (Fsp3) is 0.118. The first-order valence-corrected chi connectivity index (χ1v) is 6.78. The van der Waals surface area contributed by atoms with Crippen LogP contribution in [0.2, 0.25) is 0 Å². The third-order valence-corrected chi connectivity index (χ3v) is 4.24. The Kier molecular flexibility index (Phi) is 1.70. The van der Waals surface area contributed by atoms with Gasteiger partial charge in [-0.15, -0.1) is 0 Å². The lowest BCUT2D eigenvalue weighted by Crippen LogP contribution is -2.08. The Morgan fingerprint density at radius 1 is 1.10 bits per heavy atom. The Balaban J connectivity index is 2.28. The van der Waals surface area contributed by atoms with Gasteiger partial charge in [0.1, 0.15) is 12.3 Å². The zero-order chi connectivity index (χ0) is 13.3. The Bertz CT molecular complexity index is 1010. The van der Waals surface area contributed by atoms with Crippen LogP contribution in [-0.2, 0) is 6.61 Å².